The summed E-state index contributed by atoms with van der Waals surface area (Å²) >= 11 is 0. The number of rotatable bonds is 5. The van der Waals surface area contributed by atoms with Gasteiger partial charge in [-0.1, -0.05) is 66.7 Å². The van der Waals surface area contributed by atoms with E-state index in [9.17, 15) is 9.59 Å². The molecular formula is C28H30N4O2. The number of hydrogen-bond donors (Lipinski definition) is 1. The first kappa shape index (κ1) is 22.3. The van der Waals surface area contributed by atoms with E-state index in [0.29, 0.717) is 43.4 Å². The van der Waals surface area contributed by atoms with Crippen molar-refractivity contribution >= 4 is 11.8 Å². The molecule has 2 fully saturated rings. The first-order valence-corrected chi connectivity index (χ1v) is 12.0. The maximum absolute atomic E-state index is 13.8. The fourth-order valence-electron chi connectivity index (χ4n) is 5.29. The first-order chi connectivity index (χ1) is 16.6. The molecule has 6 heteroatoms. The summed E-state index contributed by atoms with van der Waals surface area (Å²) in [6.45, 7) is 2.18. The highest BCUT2D eigenvalue weighted by molar-refractivity contribution is 5.97. The maximum Gasteiger partial charge on any atom is 0.273 e. The molecule has 174 valence electrons. The Morgan fingerprint density at radius 1 is 0.853 bits per heavy atom. The molecule has 3 atom stereocenters. The first-order valence-electron chi connectivity index (χ1n) is 12.0. The van der Waals surface area contributed by atoms with Crippen LogP contribution in [0.5, 0.6) is 0 Å². The molecule has 0 bridgehead atoms. The molecule has 5 rings (SSSR count). The van der Waals surface area contributed by atoms with Crippen molar-refractivity contribution < 1.29 is 9.59 Å². The van der Waals surface area contributed by atoms with E-state index in [1.54, 1.807) is 17.0 Å². The summed E-state index contributed by atoms with van der Waals surface area (Å²) < 4.78 is 0. The highest BCUT2D eigenvalue weighted by Crippen LogP contribution is 2.35. The molecule has 2 N–H and O–H groups in total. The molecule has 2 aromatic carbocycles. The topological polar surface area (TPSA) is 79.5 Å². The molecule has 6 nitrogen and oxygen atoms in total. The van der Waals surface area contributed by atoms with E-state index in [4.69, 9.17) is 5.73 Å². The van der Waals surface area contributed by atoms with Crippen molar-refractivity contribution in [2.24, 2.45) is 5.73 Å². The number of nitrogens with zero attached hydrogens (tertiary/aromatic N) is 3. The number of carbonyl (C=O) groups is 2. The molecule has 2 saturated heterocycles. The largest absolute Gasteiger partial charge is 0.340 e. The summed E-state index contributed by atoms with van der Waals surface area (Å²) in [7, 11) is 0. The van der Waals surface area contributed by atoms with Crippen LogP contribution in [0.1, 0.15) is 52.0 Å². The third-order valence-corrected chi connectivity index (χ3v) is 7.12. The SMILES string of the molecule is NCc1cccc(C(=O)N2C[C@@H](c3ccccc3)C[C@H]2C(=O)N2CC[C@H](c3ccccc3)C2)n1. The van der Waals surface area contributed by atoms with Crippen molar-refractivity contribution in [1.29, 1.82) is 0 Å². The Balaban J connectivity index is 1.39. The standard InChI is InChI=1S/C28H30N4O2/c29-17-24-12-7-13-25(30-24)27(33)32-19-23(21-10-5-2-6-11-21)16-26(32)28(34)31-15-14-22(18-31)20-8-3-1-4-9-20/h1-13,22-23,26H,14-19,29H2/t22-,23-,26-/m0/s1. The minimum atomic E-state index is -0.490. The number of carbonyl (C=O) groups excluding carboxylic acids is 2. The van der Waals surface area contributed by atoms with Gasteiger partial charge in [0.25, 0.3) is 5.91 Å². The van der Waals surface area contributed by atoms with E-state index in [1.807, 2.05) is 47.4 Å². The summed E-state index contributed by atoms with van der Waals surface area (Å²) in [6, 6.07) is 25.4. The monoisotopic (exact) mass is 454 g/mol. The van der Waals surface area contributed by atoms with Gasteiger partial charge in [0.2, 0.25) is 5.91 Å². The number of likely N-dealkylation sites (tertiary alicyclic amines) is 2. The van der Waals surface area contributed by atoms with Gasteiger partial charge >= 0.3 is 0 Å². The van der Waals surface area contributed by atoms with Gasteiger partial charge in [-0.05, 0) is 36.1 Å². The van der Waals surface area contributed by atoms with Gasteiger partial charge in [-0.3, -0.25) is 9.59 Å². The van der Waals surface area contributed by atoms with Crippen LogP contribution < -0.4 is 5.73 Å². The molecule has 34 heavy (non-hydrogen) atoms. The Labute approximate surface area is 200 Å². The van der Waals surface area contributed by atoms with E-state index in [1.165, 1.54) is 5.56 Å². The fraction of sp³-hybridized carbons (Fsp3) is 0.321. The number of aromatic nitrogens is 1. The van der Waals surface area contributed by atoms with Crippen LogP contribution in [0, 0.1) is 0 Å². The number of pyridine rings is 1. The van der Waals surface area contributed by atoms with Gasteiger partial charge in [0.15, 0.2) is 0 Å². The lowest BCUT2D eigenvalue weighted by molar-refractivity contribution is -0.134. The van der Waals surface area contributed by atoms with E-state index in [2.05, 4.69) is 29.2 Å². The van der Waals surface area contributed by atoms with E-state index < -0.39 is 6.04 Å². The van der Waals surface area contributed by atoms with E-state index >= 15 is 0 Å². The van der Waals surface area contributed by atoms with Crippen LogP contribution in [0.3, 0.4) is 0 Å². The number of hydrogen-bond acceptors (Lipinski definition) is 4. The summed E-state index contributed by atoms with van der Waals surface area (Å²) in [6.07, 6.45) is 1.57. The van der Waals surface area contributed by atoms with Crippen LogP contribution >= 0.6 is 0 Å². The van der Waals surface area contributed by atoms with Crippen LogP contribution in [-0.4, -0.2) is 52.3 Å². The average Bonchev–Trinajstić information content (AvgIpc) is 3.57. The van der Waals surface area contributed by atoms with Crippen molar-refractivity contribution in [3.63, 3.8) is 0 Å². The van der Waals surface area contributed by atoms with Gasteiger partial charge in [0.1, 0.15) is 11.7 Å². The highest BCUT2D eigenvalue weighted by atomic mass is 16.2. The van der Waals surface area contributed by atoms with Gasteiger partial charge in [-0.2, -0.15) is 0 Å². The lowest BCUT2D eigenvalue weighted by atomic mass is 9.96. The average molecular weight is 455 g/mol. The molecule has 0 radical (unpaired) electrons. The van der Waals surface area contributed by atoms with Gasteiger partial charge < -0.3 is 15.5 Å². The Kier molecular flexibility index (Phi) is 6.41. The third kappa shape index (κ3) is 4.46. The maximum atomic E-state index is 13.8. The predicted molar refractivity (Wildman–Crippen MR) is 131 cm³/mol. The van der Waals surface area contributed by atoms with Crippen LogP contribution in [0.25, 0.3) is 0 Å². The fourth-order valence-corrected chi connectivity index (χ4v) is 5.29. The Bertz CT molecular complexity index is 1150. The van der Waals surface area contributed by atoms with Crippen molar-refractivity contribution in [3.05, 3.63) is 101 Å². The summed E-state index contributed by atoms with van der Waals surface area (Å²) in [4.78, 5) is 35.4. The smallest absolute Gasteiger partial charge is 0.273 e. The number of nitrogens with two attached hydrogens (primary N) is 1. The third-order valence-electron chi connectivity index (χ3n) is 7.12. The van der Waals surface area contributed by atoms with Crippen molar-refractivity contribution in [3.8, 4) is 0 Å². The molecule has 2 amide bonds. The van der Waals surface area contributed by atoms with E-state index in [0.717, 1.165) is 12.0 Å². The van der Waals surface area contributed by atoms with Crippen LogP contribution in [0.15, 0.2) is 78.9 Å². The molecule has 0 unspecified atom stereocenters. The predicted octanol–water partition coefficient (Wildman–Crippen LogP) is 3.55. The number of amides is 2. The Hall–Kier alpha value is -3.51. The summed E-state index contributed by atoms with van der Waals surface area (Å²) in [5.74, 6) is 0.291. The van der Waals surface area contributed by atoms with Gasteiger partial charge in [-0.25, -0.2) is 4.98 Å². The lowest BCUT2D eigenvalue weighted by Crippen LogP contribution is -2.47. The van der Waals surface area contributed by atoms with Crippen LogP contribution in [0.2, 0.25) is 0 Å². The molecule has 3 aromatic rings. The highest BCUT2D eigenvalue weighted by Gasteiger charge is 2.43. The van der Waals surface area contributed by atoms with Gasteiger partial charge in [0, 0.05) is 38.0 Å². The van der Waals surface area contributed by atoms with E-state index in [-0.39, 0.29) is 24.3 Å². The quantitative estimate of drug-likeness (QED) is 0.639. The second-order valence-electron chi connectivity index (χ2n) is 9.22. The molecule has 2 aliphatic heterocycles. The molecular weight excluding hydrogens is 424 g/mol. The zero-order valence-electron chi connectivity index (χ0n) is 19.2. The molecule has 2 aliphatic rings. The second-order valence-corrected chi connectivity index (χ2v) is 9.22. The zero-order chi connectivity index (χ0) is 23.5. The lowest BCUT2D eigenvalue weighted by Gasteiger charge is -2.28. The Morgan fingerprint density at radius 3 is 2.21 bits per heavy atom. The van der Waals surface area contributed by atoms with Gasteiger partial charge in [0.05, 0.1) is 5.69 Å². The van der Waals surface area contributed by atoms with Crippen molar-refractivity contribution in [2.75, 3.05) is 19.6 Å². The molecule has 0 aliphatic carbocycles. The zero-order valence-corrected chi connectivity index (χ0v) is 19.2. The second kappa shape index (κ2) is 9.77. The Morgan fingerprint density at radius 2 is 1.53 bits per heavy atom. The van der Waals surface area contributed by atoms with Gasteiger partial charge in [-0.15, -0.1) is 0 Å². The summed E-state index contributed by atoms with van der Waals surface area (Å²) in [5, 5.41) is 0. The minimum Gasteiger partial charge on any atom is -0.340 e. The summed E-state index contributed by atoms with van der Waals surface area (Å²) in [5.41, 5.74) is 9.17. The molecule has 1 aromatic heterocycles. The van der Waals surface area contributed by atoms with Crippen LogP contribution in [0.4, 0.5) is 0 Å². The number of benzene rings is 2. The molecule has 0 spiro atoms. The minimum absolute atomic E-state index is 0.0418. The van der Waals surface area contributed by atoms with Crippen molar-refractivity contribution in [2.45, 2.75) is 37.3 Å². The molecule has 3 heterocycles. The van der Waals surface area contributed by atoms with Crippen LogP contribution in [-0.2, 0) is 11.3 Å². The molecule has 0 saturated carbocycles. The normalized spacial score (nSPS) is 22.2. The van der Waals surface area contributed by atoms with Crippen molar-refractivity contribution in [1.82, 2.24) is 14.8 Å².